The van der Waals surface area contributed by atoms with Crippen molar-refractivity contribution in [2.45, 2.75) is 32.2 Å². The van der Waals surface area contributed by atoms with Crippen LogP contribution in [0.3, 0.4) is 0 Å². The summed E-state index contributed by atoms with van der Waals surface area (Å²) in [7, 11) is 3.56. The number of halogens is 1. The number of aliphatic imine (C=N–C) groups is 1. The molecule has 1 N–H and O–H groups in total. The Hall–Kier alpha value is -1.84. The van der Waals surface area contributed by atoms with E-state index in [0.717, 1.165) is 50.1 Å². The average molecular weight is 536 g/mol. The third-order valence-corrected chi connectivity index (χ3v) is 6.08. The second kappa shape index (κ2) is 11.2. The molecule has 0 bridgehead atoms. The highest BCUT2D eigenvalue weighted by molar-refractivity contribution is 14.0. The van der Waals surface area contributed by atoms with Gasteiger partial charge in [-0.2, -0.15) is 0 Å². The van der Waals surface area contributed by atoms with Crippen LogP contribution in [0.25, 0.3) is 0 Å². The highest BCUT2D eigenvalue weighted by Gasteiger charge is 2.41. The summed E-state index contributed by atoms with van der Waals surface area (Å²) in [4.78, 5) is 9.42. The summed E-state index contributed by atoms with van der Waals surface area (Å²) in [6, 6.07) is 17.4. The van der Waals surface area contributed by atoms with Gasteiger partial charge in [0.1, 0.15) is 5.75 Å². The van der Waals surface area contributed by atoms with Gasteiger partial charge < -0.3 is 19.7 Å². The van der Waals surface area contributed by atoms with Crippen molar-refractivity contribution in [1.82, 2.24) is 15.1 Å². The lowest BCUT2D eigenvalue weighted by Crippen LogP contribution is -2.50. The second-order valence-corrected chi connectivity index (χ2v) is 8.04. The summed E-state index contributed by atoms with van der Waals surface area (Å²) in [5.41, 5.74) is 3.68. The van der Waals surface area contributed by atoms with E-state index in [2.05, 4.69) is 75.6 Å². The van der Waals surface area contributed by atoms with Crippen LogP contribution in [0.5, 0.6) is 5.75 Å². The smallest absolute Gasteiger partial charge is 0.194 e. The molecule has 2 atom stereocenters. The lowest BCUT2D eigenvalue weighted by molar-refractivity contribution is -0.0502. The van der Waals surface area contributed by atoms with Gasteiger partial charge in [0.25, 0.3) is 0 Å². The number of nitrogens with zero attached hydrogens (tertiary/aromatic N) is 3. The molecular formula is C24H33IN4O2. The molecule has 0 radical (unpaired) electrons. The molecule has 2 aliphatic rings. The molecule has 2 unspecified atom stereocenters. The van der Waals surface area contributed by atoms with Gasteiger partial charge in [-0.3, -0.25) is 9.89 Å². The van der Waals surface area contributed by atoms with Gasteiger partial charge in [-0.25, -0.2) is 0 Å². The zero-order valence-electron chi connectivity index (χ0n) is 18.6. The molecule has 0 spiro atoms. The van der Waals surface area contributed by atoms with Crippen molar-refractivity contribution in [1.29, 1.82) is 0 Å². The lowest BCUT2D eigenvalue weighted by atomic mass is 10.1. The van der Waals surface area contributed by atoms with Crippen LogP contribution in [0, 0.1) is 6.92 Å². The normalized spacial score (nSPS) is 21.4. The number of morpholine rings is 1. The monoisotopic (exact) mass is 536 g/mol. The van der Waals surface area contributed by atoms with Crippen molar-refractivity contribution in [3.63, 3.8) is 0 Å². The van der Waals surface area contributed by atoms with Crippen LogP contribution in [0.15, 0.2) is 53.5 Å². The molecule has 2 heterocycles. The fourth-order valence-corrected chi connectivity index (χ4v) is 4.43. The van der Waals surface area contributed by atoms with E-state index in [4.69, 9.17) is 9.47 Å². The van der Waals surface area contributed by atoms with Crippen LogP contribution in [0.2, 0.25) is 0 Å². The molecule has 2 aliphatic heterocycles. The number of hydrogen-bond acceptors (Lipinski definition) is 4. The molecule has 2 aromatic carbocycles. The number of methoxy groups -OCH3 is 1. The summed E-state index contributed by atoms with van der Waals surface area (Å²) in [6.07, 6.45) is 0.223. The molecule has 6 nitrogen and oxygen atoms in total. The van der Waals surface area contributed by atoms with Crippen molar-refractivity contribution >= 4 is 29.9 Å². The highest BCUT2D eigenvalue weighted by atomic mass is 127. The number of nitrogens with one attached hydrogen (secondary N) is 1. The summed E-state index contributed by atoms with van der Waals surface area (Å²) in [5, 5.41) is 3.52. The van der Waals surface area contributed by atoms with Crippen LogP contribution in [-0.2, 0) is 17.8 Å². The molecule has 0 saturated carbocycles. The first-order chi connectivity index (χ1) is 14.7. The standard InChI is InChI=1S/C24H32N4O2.HI/c1-18-9-10-20(13-22(18)29-3)14-26-24(25-2)28-16-21-23(17-28)30-12-11-27(21)15-19-7-5-4-6-8-19;/h4-10,13,21,23H,11-12,14-17H2,1-3H3,(H,25,26);1H. The molecular weight excluding hydrogens is 503 g/mol. The van der Waals surface area contributed by atoms with Crippen LogP contribution in [0.4, 0.5) is 0 Å². The van der Waals surface area contributed by atoms with E-state index in [1.807, 2.05) is 7.05 Å². The quantitative estimate of drug-likeness (QED) is 0.361. The Morgan fingerprint density at radius 2 is 1.97 bits per heavy atom. The van der Waals surface area contributed by atoms with Crippen molar-refractivity contribution in [2.24, 2.45) is 4.99 Å². The van der Waals surface area contributed by atoms with Gasteiger partial charge in [-0.15, -0.1) is 24.0 Å². The third kappa shape index (κ3) is 5.70. The molecule has 0 aliphatic carbocycles. The van der Waals surface area contributed by atoms with Crippen molar-refractivity contribution in [3.05, 3.63) is 65.2 Å². The molecule has 0 aromatic heterocycles. The summed E-state index contributed by atoms with van der Waals surface area (Å²) >= 11 is 0. The van der Waals surface area contributed by atoms with Crippen LogP contribution >= 0.6 is 24.0 Å². The van der Waals surface area contributed by atoms with Gasteiger partial charge in [-0.1, -0.05) is 42.5 Å². The van der Waals surface area contributed by atoms with Gasteiger partial charge in [0.15, 0.2) is 5.96 Å². The maximum Gasteiger partial charge on any atom is 0.194 e. The van der Waals surface area contributed by atoms with E-state index in [1.165, 1.54) is 11.1 Å². The fourth-order valence-electron chi connectivity index (χ4n) is 4.43. The SMILES string of the molecule is CN=C(NCc1ccc(C)c(OC)c1)N1CC2OCCN(Cc3ccccc3)C2C1.I. The Morgan fingerprint density at radius 3 is 2.71 bits per heavy atom. The lowest BCUT2D eigenvalue weighted by Gasteiger charge is -2.36. The van der Waals surface area contributed by atoms with Gasteiger partial charge in [0.05, 0.1) is 25.9 Å². The zero-order chi connectivity index (χ0) is 20.9. The number of benzene rings is 2. The summed E-state index contributed by atoms with van der Waals surface area (Å²) < 4.78 is 11.6. The van der Waals surface area contributed by atoms with Crippen molar-refractivity contribution in [2.75, 3.05) is 40.4 Å². The molecule has 7 heteroatoms. The number of likely N-dealkylation sites (tertiary alicyclic amines) is 1. The Bertz CT molecular complexity index is 877. The Morgan fingerprint density at radius 1 is 1.16 bits per heavy atom. The third-order valence-electron chi connectivity index (χ3n) is 6.08. The largest absolute Gasteiger partial charge is 0.496 e. The number of rotatable bonds is 5. The first-order valence-corrected chi connectivity index (χ1v) is 10.7. The first-order valence-electron chi connectivity index (χ1n) is 10.7. The van der Waals surface area contributed by atoms with Gasteiger partial charge >= 0.3 is 0 Å². The molecule has 2 fully saturated rings. The van der Waals surface area contributed by atoms with E-state index in [9.17, 15) is 0 Å². The van der Waals surface area contributed by atoms with Crippen LogP contribution in [0.1, 0.15) is 16.7 Å². The summed E-state index contributed by atoms with van der Waals surface area (Å²) in [6.45, 7) is 7.29. The number of guanidine groups is 1. The Kier molecular flexibility index (Phi) is 8.57. The van der Waals surface area contributed by atoms with E-state index in [0.29, 0.717) is 12.6 Å². The minimum absolute atomic E-state index is 0. The second-order valence-electron chi connectivity index (χ2n) is 8.04. The van der Waals surface area contributed by atoms with Crippen molar-refractivity contribution in [3.8, 4) is 5.75 Å². The van der Waals surface area contributed by atoms with E-state index >= 15 is 0 Å². The predicted molar refractivity (Wildman–Crippen MR) is 135 cm³/mol. The topological polar surface area (TPSA) is 49.3 Å². The fraction of sp³-hybridized carbons (Fsp3) is 0.458. The Labute approximate surface area is 202 Å². The van der Waals surface area contributed by atoms with Gasteiger partial charge in [0, 0.05) is 39.8 Å². The average Bonchev–Trinajstić information content (AvgIpc) is 3.21. The summed E-state index contributed by atoms with van der Waals surface area (Å²) in [5.74, 6) is 1.84. The maximum atomic E-state index is 6.12. The molecule has 31 heavy (non-hydrogen) atoms. The van der Waals surface area contributed by atoms with Crippen LogP contribution in [-0.4, -0.2) is 68.3 Å². The highest BCUT2D eigenvalue weighted by Crippen LogP contribution is 2.25. The maximum absolute atomic E-state index is 6.12. The van der Waals surface area contributed by atoms with Crippen LogP contribution < -0.4 is 10.1 Å². The van der Waals surface area contributed by atoms with E-state index in [-0.39, 0.29) is 30.1 Å². The Balaban J connectivity index is 0.00000272. The number of ether oxygens (including phenoxy) is 2. The zero-order valence-corrected chi connectivity index (χ0v) is 20.9. The first kappa shape index (κ1) is 23.8. The van der Waals surface area contributed by atoms with E-state index in [1.54, 1.807) is 7.11 Å². The molecule has 4 rings (SSSR count). The number of fused-ring (bicyclic) bond motifs is 1. The predicted octanol–water partition coefficient (Wildman–Crippen LogP) is 3.28. The molecule has 168 valence electrons. The van der Waals surface area contributed by atoms with Gasteiger partial charge in [0.2, 0.25) is 0 Å². The molecule has 2 saturated heterocycles. The van der Waals surface area contributed by atoms with Gasteiger partial charge in [-0.05, 0) is 29.7 Å². The number of aryl methyl sites for hydroxylation is 1. The minimum Gasteiger partial charge on any atom is -0.496 e. The molecule has 2 aromatic rings. The van der Waals surface area contributed by atoms with Crippen molar-refractivity contribution < 1.29 is 9.47 Å². The molecule has 0 amide bonds. The number of hydrogen-bond donors (Lipinski definition) is 1. The van der Waals surface area contributed by atoms with E-state index < -0.39 is 0 Å². The minimum atomic E-state index is 0.